The van der Waals surface area contributed by atoms with Crippen molar-refractivity contribution in [3.05, 3.63) is 23.3 Å². The van der Waals surface area contributed by atoms with E-state index in [1.54, 1.807) is 6.07 Å². The number of nitrogens with zero attached hydrogens (tertiary/aromatic N) is 2. The molecule has 0 aliphatic heterocycles. The molecule has 0 spiro atoms. The Labute approximate surface area is 131 Å². The molecule has 0 saturated heterocycles. The van der Waals surface area contributed by atoms with Gasteiger partial charge in [0.15, 0.2) is 5.49 Å². The maximum atomic E-state index is 11.5. The van der Waals surface area contributed by atoms with Crippen molar-refractivity contribution in [1.29, 1.82) is 0 Å². The molecule has 6 nitrogen and oxygen atoms in total. The molecule has 0 aromatic carbocycles. The van der Waals surface area contributed by atoms with E-state index in [-0.39, 0.29) is 11.7 Å². The Morgan fingerprint density at radius 2 is 2.05 bits per heavy atom. The highest BCUT2D eigenvalue weighted by atomic mass is 16.7. The van der Waals surface area contributed by atoms with Crippen LogP contribution in [0.2, 0.25) is 0 Å². The number of rotatable bonds is 7. The van der Waals surface area contributed by atoms with Crippen LogP contribution in [0.1, 0.15) is 58.3 Å². The maximum absolute atomic E-state index is 11.5. The van der Waals surface area contributed by atoms with Crippen LogP contribution < -0.4 is 15.1 Å². The molecule has 1 N–H and O–H groups in total. The molecule has 1 heterocycles. The summed E-state index contributed by atoms with van der Waals surface area (Å²) in [4.78, 5) is 21.7. The fraction of sp³-hybridized carbons (Fsp3) is 0.625. The molecule has 124 valence electrons. The van der Waals surface area contributed by atoms with Crippen LogP contribution in [-0.2, 0) is 0 Å². The van der Waals surface area contributed by atoms with Crippen molar-refractivity contribution in [2.45, 2.75) is 59.7 Å². The van der Waals surface area contributed by atoms with Crippen LogP contribution >= 0.6 is 0 Å². The normalized spacial score (nSPS) is 12.6. The largest absolute Gasteiger partial charge is 0.490 e. The topological polar surface area (TPSA) is 73.0 Å². The summed E-state index contributed by atoms with van der Waals surface area (Å²) < 4.78 is 7.02. The van der Waals surface area contributed by atoms with Gasteiger partial charge in [-0.15, -0.1) is 0 Å². The van der Waals surface area contributed by atoms with E-state index >= 15 is 0 Å². The number of carboxylic acids is 1. The molecule has 1 aromatic heterocycles. The Morgan fingerprint density at radius 1 is 1.41 bits per heavy atom. The van der Waals surface area contributed by atoms with Gasteiger partial charge in [0.25, 0.3) is 0 Å². The minimum Gasteiger partial charge on any atom is -0.490 e. The SMILES string of the molecule is CCN=c1cc(OC(C)C)c(C(=O)O)cn1OC(C)(C)CC. The highest BCUT2D eigenvalue weighted by molar-refractivity contribution is 5.90. The monoisotopic (exact) mass is 310 g/mol. The fourth-order valence-electron chi connectivity index (χ4n) is 1.70. The number of carbonyl (C=O) groups is 1. The molecule has 6 heteroatoms. The summed E-state index contributed by atoms with van der Waals surface area (Å²) in [6.45, 7) is 12.0. The van der Waals surface area contributed by atoms with E-state index in [4.69, 9.17) is 9.57 Å². The number of aromatic nitrogens is 1. The third-order valence-corrected chi connectivity index (χ3v) is 3.11. The molecule has 1 aromatic rings. The fourth-order valence-corrected chi connectivity index (χ4v) is 1.70. The predicted molar refractivity (Wildman–Crippen MR) is 84.2 cm³/mol. The highest BCUT2D eigenvalue weighted by Gasteiger charge is 2.21. The third kappa shape index (κ3) is 4.79. The van der Waals surface area contributed by atoms with Gasteiger partial charge in [-0.1, -0.05) is 6.92 Å². The predicted octanol–water partition coefficient (Wildman–Crippen LogP) is 2.51. The van der Waals surface area contributed by atoms with Crippen LogP contribution in [0.4, 0.5) is 0 Å². The van der Waals surface area contributed by atoms with Gasteiger partial charge in [0.2, 0.25) is 0 Å². The van der Waals surface area contributed by atoms with Crippen molar-refractivity contribution in [1.82, 2.24) is 4.73 Å². The summed E-state index contributed by atoms with van der Waals surface area (Å²) >= 11 is 0. The zero-order valence-corrected chi connectivity index (χ0v) is 14.2. The first-order chi connectivity index (χ1) is 10.2. The van der Waals surface area contributed by atoms with Crippen LogP contribution in [0.5, 0.6) is 5.75 Å². The van der Waals surface area contributed by atoms with E-state index in [2.05, 4.69) is 4.99 Å². The van der Waals surface area contributed by atoms with Crippen molar-refractivity contribution in [3.63, 3.8) is 0 Å². The zero-order chi connectivity index (χ0) is 16.9. The van der Waals surface area contributed by atoms with Gasteiger partial charge >= 0.3 is 5.97 Å². The minimum atomic E-state index is -1.06. The summed E-state index contributed by atoms with van der Waals surface area (Å²) in [5.74, 6) is -0.769. The second-order valence-electron chi connectivity index (χ2n) is 5.89. The highest BCUT2D eigenvalue weighted by Crippen LogP contribution is 2.18. The van der Waals surface area contributed by atoms with Gasteiger partial charge in [0.1, 0.15) is 16.9 Å². The molecule has 0 aliphatic rings. The number of carboxylic acid groups (broad SMARTS) is 1. The lowest BCUT2D eigenvalue weighted by atomic mass is 10.1. The molecule has 0 amide bonds. The van der Waals surface area contributed by atoms with E-state index in [0.29, 0.717) is 17.8 Å². The maximum Gasteiger partial charge on any atom is 0.341 e. The molecule has 22 heavy (non-hydrogen) atoms. The quantitative estimate of drug-likeness (QED) is 0.840. The first kappa shape index (κ1) is 18.1. The molecule has 0 aliphatic carbocycles. The van der Waals surface area contributed by atoms with Gasteiger partial charge in [0.05, 0.1) is 12.3 Å². The van der Waals surface area contributed by atoms with Gasteiger partial charge in [-0.2, -0.15) is 4.73 Å². The van der Waals surface area contributed by atoms with E-state index in [1.165, 1.54) is 10.9 Å². The van der Waals surface area contributed by atoms with Gasteiger partial charge in [-0.3, -0.25) is 4.99 Å². The van der Waals surface area contributed by atoms with Crippen LogP contribution in [-0.4, -0.2) is 34.1 Å². The van der Waals surface area contributed by atoms with Crippen molar-refractivity contribution < 1.29 is 19.5 Å². The number of aromatic carboxylic acids is 1. The molecule has 1 rings (SSSR count). The lowest BCUT2D eigenvalue weighted by Crippen LogP contribution is -2.40. The third-order valence-electron chi connectivity index (χ3n) is 3.11. The van der Waals surface area contributed by atoms with Crippen molar-refractivity contribution in [3.8, 4) is 5.75 Å². The van der Waals surface area contributed by atoms with Crippen LogP contribution in [0.25, 0.3) is 0 Å². The Morgan fingerprint density at radius 3 is 2.50 bits per heavy atom. The smallest absolute Gasteiger partial charge is 0.341 e. The van der Waals surface area contributed by atoms with Crippen LogP contribution in [0, 0.1) is 0 Å². The van der Waals surface area contributed by atoms with E-state index < -0.39 is 11.6 Å². The lowest BCUT2D eigenvalue weighted by Gasteiger charge is -2.26. The Bertz CT molecular complexity index is 588. The first-order valence-electron chi connectivity index (χ1n) is 7.56. The average Bonchev–Trinajstić information content (AvgIpc) is 2.40. The Hall–Kier alpha value is -1.98. The summed E-state index contributed by atoms with van der Waals surface area (Å²) in [5, 5.41) is 9.40. The average molecular weight is 310 g/mol. The summed E-state index contributed by atoms with van der Waals surface area (Å²) in [6.07, 6.45) is 2.07. The number of hydrogen-bond acceptors (Lipinski definition) is 4. The van der Waals surface area contributed by atoms with Gasteiger partial charge in [0, 0.05) is 12.6 Å². The number of pyridine rings is 1. The Balaban J connectivity index is 3.46. The molecule has 0 atom stereocenters. The van der Waals surface area contributed by atoms with Crippen LogP contribution in [0.15, 0.2) is 17.3 Å². The van der Waals surface area contributed by atoms with E-state index in [1.807, 2.05) is 41.5 Å². The number of ether oxygens (including phenoxy) is 1. The molecular formula is C16H26N2O4. The summed E-state index contributed by atoms with van der Waals surface area (Å²) in [6, 6.07) is 1.61. The number of hydrogen-bond donors (Lipinski definition) is 1. The Kier molecular flexibility index (Phi) is 6.02. The van der Waals surface area contributed by atoms with Crippen molar-refractivity contribution in [2.75, 3.05) is 6.54 Å². The second kappa shape index (κ2) is 7.33. The van der Waals surface area contributed by atoms with Gasteiger partial charge in [-0.25, -0.2) is 4.79 Å². The molecular weight excluding hydrogens is 284 g/mol. The molecule has 0 unspecified atom stereocenters. The second-order valence-corrected chi connectivity index (χ2v) is 5.89. The van der Waals surface area contributed by atoms with Crippen molar-refractivity contribution in [2.24, 2.45) is 4.99 Å². The first-order valence-corrected chi connectivity index (χ1v) is 7.56. The lowest BCUT2D eigenvalue weighted by molar-refractivity contribution is -0.0377. The van der Waals surface area contributed by atoms with Gasteiger partial charge < -0.3 is 14.7 Å². The molecule has 0 fully saturated rings. The summed E-state index contributed by atoms with van der Waals surface area (Å²) in [5.41, 5.74) is 0.152. The van der Waals surface area contributed by atoms with Gasteiger partial charge in [-0.05, 0) is 41.0 Å². The van der Waals surface area contributed by atoms with E-state index in [9.17, 15) is 9.90 Å². The minimum absolute atomic E-state index is 0.0515. The van der Waals surface area contributed by atoms with Crippen molar-refractivity contribution >= 4 is 5.97 Å². The van der Waals surface area contributed by atoms with E-state index in [0.717, 1.165) is 6.42 Å². The molecule has 0 bridgehead atoms. The molecule has 0 radical (unpaired) electrons. The standard InChI is InChI=1S/C16H26N2O4/c1-7-16(5,6)22-18-10-12(15(19)20)13(21-11(3)4)9-14(18)17-8-2/h9-11H,7-8H2,1-6H3,(H,19,20). The molecule has 0 saturated carbocycles. The van der Waals surface area contributed by atoms with Crippen LogP contribution in [0.3, 0.4) is 0 Å². The summed E-state index contributed by atoms with van der Waals surface area (Å²) in [7, 11) is 0. The zero-order valence-electron chi connectivity index (χ0n) is 14.2.